The maximum Gasteiger partial charge on any atom is 0.338 e. The lowest BCUT2D eigenvalue weighted by Crippen LogP contribution is -2.41. The van der Waals surface area contributed by atoms with Crippen LogP contribution in [0.2, 0.25) is 0 Å². The predicted octanol–water partition coefficient (Wildman–Crippen LogP) is 4.18. The molecule has 1 fully saturated rings. The van der Waals surface area contributed by atoms with Gasteiger partial charge in [-0.3, -0.25) is 4.79 Å². The van der Waals surface area contributed by atoms with Crippen molar-refractivity contribution in [2.45, 2.75) is 44.7 Å². The number of amides is 1. The Labute approximate surface area is 170 Å². The average Bonchev–Trinajstić information content (AvgIpc) is 3.25. The van der Waals surface area contributed by atoms with Crippen LogP contribution in [0.4, 0.5) is 0 Å². The minimum absolute atomic E-state index is 0.143. The van der Waals surface area contributed by atoms with Gasteiger partial charge < -0.3 is 19.1 Å². The number of ether oxygens (including phenoxy) is 3. The zero-order chi connectivity index (χ0) is 20.2. The van der Waals surface area contributed by atoms with Gasteiger partial charge >= 0.3 is 5.97 Å². The van der Waals surface area contributed by atoms with E-state index in [-0.39, 0.29) is 18.7 Å². The summed E-state index contributed by atoms with van der Waals surface area (Å²) < 4.78 is 15.8. The van der Waals surface area contributed by atoms with Crippen molar-refractivity contribution in [3.8, 4) is 11.5 Å². The molecule has 0 aromatic heterocycles. The molecule has 2 aromatic carbocycles. The van der Waals surface area contributed by atoms with Gasteiger partial charge in [-0.15, -0.1) is 0 Å². The topological polar surface area (TPSA) is 65.1 Å². The number of esters is 1. The van der Waals surface area contributed by atoms with Gasteiger partial charge in [0.1, 0.15) is 0 Å². The number of methoxy groups -OCH3 is 1. The molecule has 0 spiro atoms. The van der Waals surface area contributed by atoms with Crippen LogP contribution >= 0.6 is 0 Å². The Morgan fingerprint density at radius 1 is 1.00 bits per heavy atom. The first-order chi connectivity index (χ1) is 14.2. The van der Waals surface area contributed by atoms with Gasteiger partial charge in [0.2, 0.25) is 6.79 Å². The van der Waals surface area contributed by atoms with E-state index in [0.717, 1.165) is 37.0 Å². The lowest BCUT2D eigenvalue weighted by Gasteiger charge is -2.35. The van der Waals surface area contributed by atoms with Crippen molar-refractivity contribution in [1.29, 1.82) is 0 Å². The first kappa shape index (κ1) is 19.3. The van der Waals surface area contributed by atoms with Crippen molar-refractivity contribution in [3.05, 3.63) is 59.2 Å². The molecule has 0 radical (unpaired) electrons. The number of hydrogen-bond acceptors (Lipinski definition) is 5. The molecule has 1 amide bonds. The van der Waals surface area contributed by atoms with Crippen LogP contribution in [0.15, 0.2) is 42.5 Å². The lowest BCUT2D eigenvalue weighted by molar-refractivity contribution is 0.0564. The first-order valence-corrected chi connectivity index (χ1v) is 10.0. The van der Waals surface area contributed by atoms with Crippen LogP contribution in [0.5, 0.6) is 11.5 Å². The maximum atomic E-state index is 13.6. The van der Waals surface area contributed by atoms with Crippen LogP contribution in [0.3, 0.4) is 0 Å². The first-order valence-electron chi connectivity index (χ1n) is 10.0. The van der Waals surface area contributed by atoms with Crippen LogP contribution in [0.1, 0.15) is 58.4 Å². The van der Waals surface area contributed by atoms with Crippen LogP contribution in [0, 0.1) is 0 Å². The molecule has 0 saturated heterocycles. The molecule has 1 saturated carbocycles. The highest BCUT2D eigenvalue weighted by Crippen LogP contribution is 2.34. The number of nitrogens with zero attached hydrogens (tertiary/aromatic N) is 1. The summed E-state index contributed by atoms with van der Waals surface area (Å²) in [7, 11) is 1.33. The third-order valence-corrected chi connectivity index (χ3v) is 5.63. The van der Waals surface area contributed by atoms with Gasteiger partial charge in [0.15, 0.2) is 11.5 Å². The van der Waals surface area contributed by atoms with E-state index in [2.05, 4.69) is 0 Å². The van der Waals surface area contributed by atoms with Crippen molar-refractivity contribution < 1.29 is 23.8 Å². The molecule has 29 heavy (non-hydrogen) atoms. The molecule has 0 unspecified atom stereocenters. The highest BCUT2D eigenvalue weighted by molar-refractivity contribution is 6.05. The summed E-state index contributed by atoms with van der Waals surface area (Å²) >= 11 is 0. The molecule has 0 N–H and O–H groups in total. The SMILES string of the molecule is COC(=O)c1ccccc1C(=O)N(Cc1ccc2c(c1)OCO2)C1CCCCC1. The standard InChI is InChI=1S/C23H25NO5/c1-27-23(26)19-10-6-5-9-18(19)22(25)24(17-7-3-2-4-8-17)14-16-11-12-20-21(13-16)29-15-28-20/h5-6,9-13,17H,2-4,7-8,14-15H2,1H3. The zero-order valence-corrected chi connectivity index (χ0v) is 16.6. The van der Waals surface area contributed by atoms with Gasteiger partial charge in [0.25, 0.3) is 5.91 Å². The fourth-order valence-electron chi connectivity index (χ4n) is 4.11. The Balaban J connectivity index is 1.66. The summed E-state index contributed by atoms with van der Waals surface area (Å²) in [6.45, 7) is 0.673. The second-order valence-electron chi connectivity index (χ2n) is 7.45. The number of carbonyl (C=O) groups excluding carboxylic acids is 2. The van der Waals surface area contributed by atoms with E-state index in [4.69, 9.17) is 14.2 Å². The highest BCUT2D eigenvalue weighted by atomic mass is 16.7. The molecule has 6 nitrogen and oxygen atoms in total. The average molecular weight is 395 g/mol. The minimum Gasteiger partial charge on any atom is -0.465 e. The second kappa shape index (κ2) is 8.55. The van der Waals surface area contributed by atoms with E-state index in [1.54, 1.807) is 24.3 Å². The van der Waals surface area contributed by atoms with Crippen molar-refractivity contribution in [3.63, 3.8) is 0 Å². The number of hydrogen-bond donors (Lipinski definition) is 0. The second-order valence-corrected chi connectivity index (χ2v) is 7.45. The Morgan fingerprint density at radius 3 is 2.48 bits per heavy atom. The number of rotatable bonds is 5. The summed E-state index contributed by atoms with van der Waals surface area (Å²) in [5, 5.41) is 0. The molecule has 4 rings (SSSR count). The minimum atomic E-state index is -0.499. The lowest BCUT2D eigenvalue weighted by atomic mass is 9.92. The van der Waals surface area contributed by atoms with Crippen LogP contribution < -0.4 is 9.47 Å². The number of fused-ring (bicyclic) bond motifs is 1. The fourth-order valence-corrected chi connectivity index (χ4v) is 4.11. The molecule has 2 aliphatic rings. The Morgan fingerprint density at radius 2 is 1.72 bits per heavy atom. The molecular weight excluding hydrogens is 370 g/mol. The van der Waals surface area contributed by atoms with Gasteiger partial charge in [0, 0.05) is 12.6 Å². The van der Waals surface area contributed by atoms with Crippen molar-refractivity contribution in [2.24, 2.45) is 0 Å². The van der Waals surface area contributed by atoms with Gasteiger partial charge in [-0.05, 0) is 42.7 Å². The molecule has 0 bridgehead atoms. The zero-order valence-electron chi connectivity index (χ0n) is 16.6. The highest BCUT2D eigenvalue weighted by Gasteiger charge is 2.29. The van der Waals surface area contributed by atoms with Gasteiger partial charge in [0.05, 0.1) is 18.2 Å². The molecule has 6 heteroatoms. The Kier molecular flexibility index (Phi) is 5.69. The third kappa shape index (κ3) is 4.06. The molecule has 1 aliphatic heterocycles. The van der Waals surface area contributed by atoms with E-state index in [0.29, 0.717) is 23.4 Å². The monoisotopic (exact) mass is 395 g/mol. The van der Waals surface area contributed by atoms with Gasteiger partial charge in [-0.2, -0.15) is 0 Å². The molecule has 0 atom stereocenters. The summed E-state index contributed by atoms with van der Waals surface area (Å²) in [6.07, 6.45) is 5.34. The molecular formula is C23H25NO5. The maximum absolute atomic E-state index is 13.6. The quantitative estimate of drug-likeness (QED) is 0.711. The Hall–Kier alpha value is -3.02. The van der Waals surface area contributed by atoms with Gasteiger partial charge in [-0.25, -0.2) is 4.79 Å². The normalized spacial score (nSPS) is 15.8. The summed E-state index contributed by atoms with van der Waals surface area (Å²) in [5.41, 5.74) is 1.65. The van der Waals surface area contributed by atoms with E-state index in [1.165, 1.54) is 13.5 Å². The van der Waals surface area contributed by atoms with E-state index in [1.807, 2.05) is 23.1 Å². The fraction of sp³-hybridized carbons (Fsp3) is 0.391. The van der Waals surface area contributed by atoms with Crippen LogP contribution in [0.25, 0.3) is 0 Å². The molecule has 152 valence electrons. The van der Waals surface area contributed by atoms with Crippen molar-refractivity contribution in [2.75, 3.05) is 13.9 Å². The largest absolute Gasteiger partial charge is 0.465 e. The smallest absolute Gasteiger partial charge is 0.338 e. The van der Waals surface area contributed by atoms with Crippen molar-refractivity contribution >= 4 is 11.9 Å². The molecule has 1 aliphatic carbocycles. The van der Waals surface area contributed by atoms with Gasteiger partial charge in [-0.1, -0.05) is 37.5 Å². The molecule has 1 heterocycles. The number of carbonyl (C=O) groups is 2. The van der Waals surface area contributed by atoms with Crippen molar-refractivity contribution in [1.82, 2.24) is 4.90 Å². The van der Waals surface area contributed by atoms with E-state index < -0.39 is 5.97 Å². The number of benzene rings is 2. The van der Waals surface area contributed by atoms with Crippen LogP contribution in [-0.2, 0) is 11.3 Å². The predicted molar refractivity (Wildman–Crippen MR) is 107 cm³/mol. The van der Waals surface area contributed by atoms with E-state index in [9.17, 15) is 9.59 Å². The Bertz CT molecular complexity index is 904. The summed E-state index contributed by atoms with van der Waals surface area (Å²) in [6, 6.07) is 12.8. The van der Waals surface area contributed by atoms with E-state index >= 15 is 0 Å². The summed E-state index contributed by atoms with van der Waals surface area (Å²) in [4.78, 5) is 27.7. The van der Waals surface area contributed by atoms with Crippen LogP contribution in [-0.4, -0.2) is 36.7 Å². The molecule has 2 aromatic rings. The third-order valence-electron chi connectivity index (χ3n) is 5.63. The summed E-state index contributed by atoms with van der Waals surface area (Å²) in [5.74, 6) is 0.782.